The first-order valence-corrected chi connectivity index (χ1v) is 3.64. The molecular formula is C6H6F5N3O. The minimum atomic E-state index is -5.77. The van der Waals surface area contributed by atoms with E-state index in [1.54, 1.807) is 0 Å². The molecule has 0 aliphatic heterocycles. The van der Waals surface area contributed by atoms with Crippen molar-refractivity contribution in [1.82, 2.24) is 14.3 Å². The van der Waals surface area contributed by atoms with Gasteiger partial charge in [-0.2, -0.15) is 22.0 Å². The van der Waals surface area contributed by atoms with Crippen LogP contribution in [0.3, 0.4) is 0 Å². The third-order valence-corrected chi connectivity index (χ3v) is 1.76. The summed E-state index contributed by atoms with van der Waals surface area (Å²) in [7, 11) is 1.78. The molecular weight excluding hydrogens is 225 g/mol. The fraction of sp³-hybridized carbons (Fsp3) is 0.667. The van der Waals surface area contributed by atoms with Crippen LogP contribution in [-0.2, 0) is 20.0 Å². The molecule has 15 heavy (non-hydrogen) atoms. The van der Waals surface area contributed by atoms with Crippen molar-refractivity contribution in [2.75, 3.05) is 0 Å². The van der Waals surface area contributed by atoms with Crippen molar-refractivity contribution in [3.05, 3.63) is 16.3 Å². The Labute approximate surface area is 79.9 Å². The minimum absolute atomic E-state index is 0.160. The number of aromatic nitrogens is 3. The third-order valence-electron chi connectivity index (χ3n) is 1.76. The lowest BCUT2D eigenvalue weighted by Crippen LogP contribution is -2.37. The lowest BCUT2D eigenvalue weighted by Gasteiger charge is -2.17. The number of aryl methyl sites for hydroxylation is 1. The van der Waals surface area contributed by atoms with Crippen molar-refractivity contribution in [2.45, 2.75) is 12.1 Å². The van der Waals surface area contributed by atoms with E-state index in [1.165, 1.54) is 0 Å². The SMILES string of the molecule is Cn1nc(C(F)(F)C(F)(F)F)n(C)c1=O. The number of hydrogen-bond acceptors (Lipinski definition) is 2. The summed E-state index contributed by atoms with van der Waals surface area (Å²) in [5.41, 5.74) is -1.05. The highest BCUT2D eigenvalue weighted by Crippen LogP contribution is 2.42. The van der Waals surface area contributed by atoms with E-state index in [2.05, 4.69) is 5.10 Å². The molecule has 9 heteroatoms. The molecule has 1 heterocycles. The fourth-order valence-electron chi connectivity index (χ4n) is 0.960. The quantitative estimate of drug-likeness (QED) is 0.670. The van der Waals surface area contributed by atoms with Gasteiger partial charge in [-0.15, -0.1) is 5.10 Å². The smallest absolute Gasteiger partial charge is 0.277 e. The maximum atomic E-state index is 12.8. The molecule has 1 aromatic rings. The number of nitrogens with zero attached hydrogens (tertiary/aromatic N) is 3. The standard InChI is InChI=1S/C6H6F5N3O/c1-13-3(12-14(2)4(13)15)5(7,8)6(9,10)11/h1-2H3. The fourth-order valence-corrected chi connectivity index (χ4v) is 0.960. The Morgan fingerprint density at radius 1 is 1.13 bits per heavy atom. The van der Waals surface area contributed by atoms with E-state index in [9.17, 15) is 26.7 Å². The molecule has 0 aromatic carbocycles. The van der Waals surface area contributed by atoms with Crippen LogP contribution >= 0.6 is 0 Å². The summed E-state index contributed by atoms with van der Waals surface area (Å²) in [5, 5.41) is 2.85. The van der Waals surface area contributed by atoms with Gasteiger partial charge in [0.1, 0.15) is 0 Å². The van der Waals surface area contributed by atoms with Gasteiger partial charge in [-0.05, 0) is 0 Å². The maximum Gasteiger partial charge on any atom is 0.461 e. The van der Waals surface area contributed by atoms with E-state index in [-0.39, 0.29) is 4.57 Å². The largest absolute Gasteiger partial charge is 0.461 e. The lowest BCUT2D eigenvalue weighted by molar-refractivity contribution is -0.293. The summed E-state index contributed by atoms with van der Waals surface area (Å²) in [6.45, 7) is 0. The second-order valence-corrected chi connectivity index (χ2v) is 2.86. The number of rotatable bonds is 1. The monoisotopic (exact) mass is 231 g/mol. The minimum Gasteiger partial charge on any atom is -0.277 e. The van der Waals surface area contributed by atoms with Gasteiger partial charge >= 0.3 is 17.8 Å². The molecule has 4 nitrogen and oxygen atoms in total. The molecule has 0 saturated carbocycles. The van der Waals surface area contributed by atoms with Gasteiger partial charge < -0.3 is 0 Å². The molecule has 0 aliphatic rings. The second-order valence-electron chi connectivity index (χ2n) is 2.86. The first-order chi connectivity index (χ1) is 6.59. The van der Waals surface area contributed by atoms with Crippen molar-refractivity contribution >= 4 is 0 Å². The molecule has 86 valence electrons. The van der Waals surface area contributed by atoms with E-state index in [0.29, 0.717) is 4.68 Å². The van der Waals surface area contributed by atoms with E-state index in [1.807, 2.05) is 0 Å². The van der Waals surface area contributed by atoms with E-state index < -0.39 is 23.6 Å². The topological polar surface area (TPSA) is 39.8 Å². The van der Waals surface area contributed by atoms with Crippen molar-refractivity contribution < 1.29 is 22.0 Å². The van der Waals surface area contributed by atoms with Gasteiger partial charge in [-0.25, -0.2) is 9.48 Å². The van der Waals surface area contributed by atoms with Crippen molar-refractivity contribution in [2.24, 2.45) is 14.1 Å². The Morgan fingerprint density at radius 3 is 1.87 bits per heavy atom. The van der Waals surface area contributed by atoms with Gasteiger partial charge in [-0.3, -0.25) is 4.57 Å². The van der Waals surface area contributed by atoms with Crippen LogP contribution in [0.5, 0.6) is 0 Å². The zero-order chi connectivity index (χ0) is 12.0. The maximum absolute atomic E-state index is 12.8. The van der Waals surface area contributed by atoms with Crippen LogP contribution in [0.2, 0.25) is 0 Å². The number of hydrogen-bond donors (Lipinski definition) is 0. The normalized spacial score (nSPS) is 13.3. The summed E-state index contributed by atoms with van der Waals surface area (Å²) in [6, 6.07) is 0. The third kappa shape index (κ3) is 1.61. The molecule has 0 saturated heterocycles. The first kappa shape index (κ1) is 11.7. The van der Waals surface area contributed by atoms with Crippen LogP contribution in [0.15, 0.2) is 4.79 Å². The second kappa shape index (κ2) is 3.04. The molecule has 0 radical (unpaired) electrons. The predicted molar refractivity (Wildman–Crippen MR) is 38.4 cm³/mol. The summed E-state index contributed by atoms with van der Waals surface area (Å²) < 4.78 is 61.9. The average molecular weight is 231 g/mol. The average Bonchev–Trinajstić information content (AvgIpc) is 2.31. The predicted octanol–water partition coefficient (Wildman–Crippen LogP) is 0.773. The molecule has 0 unspecified atom stereocenters. The molecule has 0 aliphatic carbocycles. The van der Waals surface area contributed by atoms with E-state index in [4.69, 9.17) is 0 Å². The van der Waals surface area contributed by atoms with Crippen molar-refractivity contribution in [3.63, 3.8) is 0 Å². The molecule has 1 aromatic heterocycles. The molecule has 0 amide bonds. The van der Waals surface area contributed by atoms with Crippen LogP contribution < -0.4 is 5.69 Å². The Kier molecular flexibility index (Phi) is 2.36. The van der Waals surface area contributed by atoms with Gasteiger partial charge in [-0.1, -0.05) is 0 Å². The highest BCUT2D eigenvalue weighted by molar-refractivity contribution is 5.00. The number of alkyl halides is 5. The summed E-state index contributed by atoms with van der Waals surface area (Å²) in [4.78, 5) is 10.9. The molecule has 0 fully saturated rings. The van der Waals surface area contributed by atoms with Crippen LogP contribution in [0.25, 0.3) is 0 Å². The van der Waals surface area contributed by atoms with Gasteiger partial charge in [0.15, 0.2) is 0 Å². The van der Waals surface area contributed by atoms with Gasteiger partial charge in [0.05, 0.1) is 0 Å². The number of halogens is 5. The van der Waals surface area contributed by atoms with Crippen LogP contribution in [0.1, 0.15) is 5.82 Å². The Hall–Kier alpha value is -1.41. The Morgan fingerprint density at radius 2 is 1.60 bits per heavy atom. The molecule has 0 bridgehead atoms. The van der Waals surface area contributed by atoms with Gasteiger partial charge in [0.2, 0.25) is 5.82 Å². The highest BCUT2D eigenvalue weighted by Gasteiger charge is 2.62. The van der Waals surface area contributed by atoms with Crippen LogP contribution in [0.4, 0.5) is 22.0 Å². The zero-order valence-corrected chi connectivity index (χ0v) is 7.64. The Balaban J connectivity index is 3.41. The van der Waals surface area contributed by atoms with Gasteiger partial charge in [0.25, 0.3) is 0 Å². The molecule has 1 rings (SSSR count). The van der Waals surface area contributed by atoms with Crippen molar-refractivity contribution in [3.8, 4) is 0 Å². The molecule has 0 N–H and O–H groups in total. The van der Waals surface area contributed by atoms with E-state index in [0.717, 1.165) is 14.1 Å². The van der Waals surface area contributed by atoms with Crippen LogP contribution in [-0.4, -0.2) is 20.5 Å². The van der Waals surface area contributed by atoms with E-state index >= 15 is 0 Å². The van der Waals surface area contributed by atoms with Crippen molar-refractivity contribution in [1.29, 1.82) is 0 Å². The van der Waals surface area contributed by atoms with Gasteiger partial charge in [0, 0.05) is 14.1 Å². The summed E-state index contributed by atoms with van der Waals surface area (Å²) in [5.74, 6) is -6.76. The first-order valence-electron chi connectivity index (χ1n) is 3.64. The van der Waals surface area contributed by atoms with Crippen LogP contribution in [0, 0.1) is 0 Å². The molecule has 0 atom stereocenters. The summed E-state index contributed by atoms with van der Waals surface area (Å²) in [6.07, 6.45) is -5.77. The zero-order valence-electron chi connectivity index (χ0n) is 7.64. The Bertz CT molecular complexity index is 429. The highest BCUT2D eigenvalue weighted by atomic mass is 19.4. The lowest BCUT2D eigenvalue weighted by atomic mass is 10.3. The molecule has 0 spiro atoms. The summed E-state index contributed by atoms with van der Waals surface area (Å²) >= 11 is 0.